The maximum atomic E-state index is 5.51. The van der Waals surface area contributed by atoms with Crippen LogP contribution >= 0.6 is 0 Å². The highest BCUT2D eigenvalue weighted by Gasteiger charge is 2.27. The van der Waals surface area contributed by atoms with E-state index in [1.54, 1.807) is 13.3 Å². The number of nitrogens with one attached hydrogen (secondary N) is 1. The zero-order valence-electron chi connectivity index (χ0n) is 8.81. The Morgan fingerprint density at radius 1 is 1.53 bits per heavy atom. The van der Waals surface area contributed by atoms with Gasteiger partial charge >= 0.3 is 0 Å². The molecule has 1 aliphatic rings. The van der Waals surface area contributed by atoms with Crippen LogP contribution in [0, 0.1) is 0 Å². The molecule has 1 aromatic heterocycles. The van der Waals surface area contributed by atoms with Crippen molar-refractivity contribution in [2.24, 2.45) is 0 Å². The third-order valence-electron chi connectivity index (χ3n) is 2.76. The van der Waals surface area contributed by atoms with Crippen molar-refractivity contribution in [1.29, 1.82) is 0 Å². The lowest BCUT2D eigenvalue weighted by Crippen LogP contribution is -2.30. The Kier molecular flexibility index (Phi) is 3.01. The molecule has 1 saturated carbocycles. The van der Waals surface area contributed by atoms with Gasteiger partial charge in [0, 0.05) is 13.3 Å². The number of anilines is 2. The molecule has 15 heavy (non-hydrogen) atoms. The monoisotopic (exact) mass is 208 g/mol. The fourth-order valence-corrected chi connectivity index (χ4v) is 2.02. The number of hydrogen-bond donors (Lipinski definition) is 2. The highest BCUT2D eigenvalue weighted by atomic mass is 16.5. The van der Waals surface area contributed by atoms with Crippen molar-refractivity contribution in [2.75, 3.05) is 18.2 Å². The third kappa shape index (κ3) is 2.36. The van der Waals surface area contributed by atoms with Gasteiger partial charge in [-0.25, -0.2) is 4.98 Å². The fourth-order valence-electron chi connectivity index (χ4n) is 2.02. The van der Waals surface area contributed by atoms with Crippen LogP contribution in [-0.4, -0.2) is 29.2 Å². The van der Waals surface area contributed by atoms with Crippen LogP contribution in [0.2, 0.25) is 0 Å². The Hall–Kier alpha value is -1.36. The van der Waals surface area contributed by atoms with E-state index in [4.69, 9.17) is 10.5 Å². The summed E-state index contributed by atoms with van der Waals surface area (Å²) in [6.45, 7) is 0. The Morgan fingerprint density at radius 2 is 2.40 bits per heavy atom. The normalized spacial score (nSPS) is 25.4. The van der Waals surface area contributed by atoms with Crippen LogP contribution in [-0.2, 0) is 4.74 Å². The maximum Gasteiger partial charge on any atom is 0.221 e. The summed E-state index contributed by atoms with van der Waals surface area (Å²) in [5.74, 6) is 1.07. The molecule has 0 spiro atoms. The van der Waals surface area contributed by atoms with Crippen molar-refractivity contribution in [3.05, 3.63) is 12.3 Å². The molecule has 3 N–H and O–H groups in total. The second kappa shape index (κ2) is 4.44. The third-order valence-corrected chi connectivity index (χ3v) is 2.76. The molecule has 5 nitrogen and oxygen atoms in total. The first-order chi connectivity index (χ1) is 7.29. The summed E-state index contributed by atoms with van der Waals surface area (Å²) in [7, 11) is 1.75. The summed E-state index contributed by atoms with van der Waals surface area (Å²) >= 11 is 0. The number of rotatable bonds is 3. The fraction of sp³-hybridized carbons (Fsp3) is 0.600. The molecular weight excluding hydrogens is 192 g/mol. The number of nitrogens with two attached hydrogens (primary N) is 1. The molecule has 1 aromatic rings. The van der Waals surface area contributed by atoms with Crippen molar-refractivity contribution in [1.82, 2.24) is 9.97 Å². The molecule has 2 rings (SSSR count). The van der Waals surface area contributed by atoms with Gasteiger partial charge in [0.2, 0.25) is 5.95 Å². The van der Waals surface area contributed by atoms with Gasteiger partial charge in [-0.15, -0.1) is 0 Å². The van der Waals surface area contributed by atoms with Crippen LogP contribution in [0.15, 0.2) is 12.3 Å². The highest BCUT2D eigenvalue weighted by Crippen LogP contribution is 2.24. The molecule has 5 heteroatoms. The Balaban J connectivity index is 2.02. The van der Waals surface area contributed by atoms with Crippen LogP contribution < -0.4 is 11.1 Å². The molecular formula is C10H16N4O. The summed E-state index contributed by atoms with van der Waals surface area (Å²) in [4.78, 5) is 7.95. The molecule has 1 aliphatic carbocycles. The molecule has 1 fully saturated rings. The number of nitrogen functional groups attached to an aromatic ring is 1. The number of hydrogen-bond acceptors (Lipinski definition) is 5. The average molecular weight is 208 g/mol. The summed E-state index contributed by atoms with van der Waals surface area (Å²) < 4.78 is 5.39. The molecule has 0 bridgehead atoms. The lowest BCUT2D eigenvalue weighted by Gasteiger charge is -2.19. The topological polar surface area (TPSA) is 73.1 Å². The standard InChI is InChI=1S/C10H16N4O/c1-15-8-4-2-3-7(8)13-9-5-6-12-10(11)14-9/h5-8H,2-4H2,1H3,(H3,11,12,13,14). The van der Waals surface area contributed by atoms with Crippen LogP contribution in [0.3, 0.4) is 0 Å². The van der Waals surface area contributed by atoms with Crippen LogP contribution in [0.5, 0.6) is 0 Å². The first-order valence-corrected chi connectivity index (χ1v) is 5.17. The number of methoxy groups -OCH3 is 1. The van der Waals surface area contributed by atoms with Gasteiger partial charge in [0.1, 0.15) is 5.82 Å². The molecule has 2 unspecified atom stereocenters. The smallest absolute Gasteiger partial charge is 0.221 e. The molecule has 2 atom stereocenters. The number of ether oxygens (including phenoxy) is 1. The molecule has 0 aliphatic heterocycles. The Morgan fingerprint density at radius 3 is 3.13 bits per heavy atom. The zero-order valence-corrected chi connectivity index (χ0v) is 8.81. The van der Waals surface area contributed by atoms with Gasteiger partial charge in [-0.05, 0) is 25.3 Å². The van der Waals surface area contributed by atoms with Gasteiger partial charge in [0.15, 0.2) is 0 Å². The van der Waals surface area contributed by atoms with E-state index >= 15 is 0 Å². The summed E-state index contributed by atoms with van der Waals surface area (Å²) in [6, 6.07) is 2.16. The van der Waals surface area contributed by atoms with Crippen molar-refractivity contribution < 1.29 is 4.74 Å². The highest BCUT2D eigenvalue weighted by molar-refractivity contribution is 5.38. The zero-order chi connectivity index (χ0) is 10.7. The number of aromatic nitrogens is 2. The maximum absolute atomic E-state index is 5.51. The van der Waals surface area contributed by atoms with Gasteiger partial charge in [0.25, 0.3) is 0 Å². The lowest BCUT2D eigenvalue weighted by molar-refractivity contribution is 0.101. The van der Waals surface area contributed by atoms with E-state index in [1.165, 1.54) is 6.42 Å². The predicted molar refractivity (Wildman–Crippen MR) is 58.5 cm³/mol. The predicted octanol–water partition coefficient (Wildman–Crippen LogP) is 1.04. The molecule has 1 heterocycles. The Bertz CT molecular complexity index is 331. The first kappa shape index (κ1) is 10.2. The summed E-state index contributed by atoms with van der Waals surface area (Å²) in [6.07, 6.45) is 5.34. The molecule has 0 radical (unpaired) electrons. The summed E-state index contributed by atoms with van der Waals surface area (Å²) in [5, 5.41) is 3.33. The largest absolute Gasteiger partial charge is 0.379 e. The van der Waals surface area contributed by atoms with Crippen LogP contribution in [0.4, 0.5) is 11.8 Å². The van der Waals surface area contributed by atoms with Crippen molar-refractivity contribution in [2.45, 2.75) is 31.4 Å². The average Bonchev–Trinajstić information content (AvgIpc) is 2.65. The van der Waals surface area contributed by atoms with Crippen LogP contribution in [0.1, 0.15) is 19.3 Å². The van der Waals surface area contributed by atoms with E-state index in [0.717, 1.165) is 18.7 Å². The minimum absolute atomic E-state index is 0.279. The van der Waals surface area contributed by atoms with Crippen LogP contribution in [0.25, 0.3) is 0 Å². The van der Waals surface area contributed by atoms with Gasteiger partial charge in [-0.1, -0.05) is 0 Å². The van der Waals surface area contributed by atoms with E-state index < -0.39 is 0 Å². The lowest BCUT2D eigenvalue weighted by atomic mass is 10.2. The second-order valence-electron chi connectivity index (χ2n) is 3.76. The van der Waals surface area contributed by atoms with Gasteiger partial charge in [0.05, 0.1) is 12.1 Å². The summed E-state index contributed by atoms with van der Waals surface area (Å²) in [5.41, 5.74) is 5.51. The minimum Gasteiger partial charge on any atom is -0.379 e. The van der Waals surface area contributed by atoms with E-state index in [0.29, 0.717) is 12.0 Å². The van der Waals surface area contributed by atoms with E-state index in [1.807, 2.05) is 6.07 Å². The van der Waals surface area contributed by atoms with Crippen molar-refractivity contribution in [3.63, 3.8) is 0 Å². The quantitative estimate of drug-likeness (QED) is 0.776. The SMILES string of the molecule is COC1CCCC1Nc1ccnc(N)n1. The Labute approximate surface area is 89.1 Å². The van der Waals surface area contributed by atoms with Gasteiger partial charge in [-0.2, -0.15) is 4.98 Å². The molecule has 0 aromatic carbocycles. The van der Waals surface area contributed by atoms with E-state index in [9.17, 15) is 0 Å². The van der Waals surface area contributed by atoms with E-state index in [-0.39, 0.29) is 6.10 Å². The van der Waals surface area contributed by atoms with Crippen molar-refractivity contribution >= 4 is 11.8 Å². The van der Waals surface area contributed by atoms with E-state index in [2.05, 4.69) is 15.3 Å². The molecule has 0 amide bonds. The number of nitrogens with zero attached hydrogens (tertiary/aromatic N) is 2. The molecule has 0 saturated heterocycles. The van der Waals surface area contributed by atoms with Crippen molar-refractivity contribution in [3.8, 4) is 0 Å². The van der Waals surface area contributed by atoms with Gasteiger partial charge in [-0.3, -0.25) is 0 Å². The second-order valence-corrected chi connectivity index (χ2v) is 3.76. The van der Waals surface area contributed by atoms with Gasteiger partial charge < -0.3 is 15.8 Å². The first-order valence-electron chi connectivity index (χ1n) is 5.17. The molecule has 82 valence electrons. The minimum atomic E-state index is 0.279.